The van der Waals surface area contributed by atoms with Crippen LogP contribution in [0.1, 0.15) is 52.9 Å². The lowest BCUT2D eigenvalue weighted by molar-refractivity contribution is -0.121. The van der Waals surface area contributed by atoms with E-state index in [2.05, 4.69) is 33.7 Å². The third kappa shape index (κ3) is 6.46. The second kappa shape index (κ2) is 11.0. The van der Waals surface area contributed by atoms with E-state index in [0.29, 0.717) is 30.8 Å². The maximum absolute atomic E-state index is 12.2. The molecule has 2 aromatic rings. The monoisotopic (exact) mass is 399 g/mol. The molecule has 1 aliphatic heterocycles. The van der Waals surface area contributed by atoms with Crippen molar-refractivity contribution in [3.05, 3.63) is 57.8 Å². The van der Waals surface area contributed by atoms with Crippen molar-refractivity contribution in [2.75, 3.05) is 19.6 Å². The zero-order valence-corrected chi connectivity index (χ0v) is 17.1. The molecule has 1 aromatic carbocycles. The Bertz CT molecular complexity index is 755. The first-order chi connectivity index (χ1) is 13.7. The average Bonchev–Trinajstić information content (AvgIpc) is 3.26. The van der Waals surface area contributed by atoms with E-state index < -0.39 is 0 Å². The molecule has 0 radical (unpaired) electrons. The molecule has 1 fully saturated rings. The van der Waals surface area contributed by atoms with Crippen molar-refractivity contribution in [3.63, 3.8) is 0 Å². The number of hydrogen-bond acceptors (Lipinski definition) is 4. The van der Waals surface area contributed by atoms with E-state index >= 15 is 0 Å². The third-order valence-electron chi connectivity index (χ3n) is 5.05. The lowest BCUT2D eigenvalue weighted by Crippen LogP contribution is -2.30. The molecule has 2 heterocycles. The minimum absolute atomic E-state index is 0.0261. The lowest BCUT2D eigenvalue weighted by atomic mass is 10.0. The van der Waals surface area contributed by atoms with Crippen molar-refractivity contribution in [3.8, 4) is 0 Å². The molecule has 0 unspecified atom stereocenters. The SMILES string of the molecule is O=C(CCCNC(=O)c1cccs1)NCc1ccccc1CN1CCCCC1. The molecule has 6 heteroatoms. The number of amides is 2. The average molecular weight is 400 g/mol. The van der Waals surface area contributed by atoms with Gasteiger partial charge in [-0.1, -0.05) is 36.8 Å². The van der Waals surface area contributed by atoms with Gasteiger partial charge in [0.15, 0.2) is 0 Å². The summed E-state index contributed by atoms with van der Waals surface area (Å²) in [5, 5.41) is 7.76. The van der Waals surface area contributed by atoms with Gasteiger partial charge in [0.05, 0.1) is 4.88 Å². The molecule has 3 rings (SSSR count). The zero-order valence-electron chi connectivity index (χ0n) is 16.3. The van der Waals surface area contributed by atoms with Crippen LogP contribution in [0.25, 0.3) is 0 Å². The van der Waals surface area contributed by atoms with Gasteiger partial charge in [0.1, 0.15) is 0 Å². The topological polar surface area (TPSA) is 61.4 Å². The van der Waals surface area contributed by atoms with E-state index in [-0.39, 0.29) is 11.8 Å². The summed E-state index contributed by atoms with van der Waals surface area (Å²) in [6.07, 6.45) is 4.95. The highest BCUT2D eigenvalue weighted by atomic mass is 32.1. The number of thiophene rings is 1. The predicted octanol–water partition coefficient (Wildman–Crippen LogP) is 3.56. The fourth-order valence-electron chi connectivity index (χ4n) is 3.47. The molecule has 0 bridgehead atoms. The first-order valence-corrected chi connectivity index (χ1v) is 11.0. The highest BCUT2D eigenvalue weighted by molar-refractivity contribution is 7.12. The van der Waals surface area contributed by atoms with Crippen molar-refractivity contribution in [1.29, 1.82) is 0 Å². The first-order valence-electron chi connectivity index (χ1n) is 10.1. The van der Waals surface area contributed by atoms with Crippen LogP contribution in [-0.2, 0) is 17.9 Å². The van der Waals surface area contributed by atoms with Crippen LogP contribution in [0.4, 0.5) is 0 Å². The number of likely N-dealkylation sites (tertiary alicyclic amines) is 1. The van der Waals surface area contributed by atoms with Gasteiger partial charge in [-0.05, 0) is 54.9 Å². The molecule has 0 atom stereocenters. The van der Waals surface area contributed by atoms with Gasteiger partial charge in [-0.15, -0.1) is 11.3 Å². The van der Waals surface area contributed by atoms with E-state index in [1.165, 1.54) is 41.7 Å². The van der Waals surface area contributed by atoms with Crippen molar-refractivity contribution >= 4 is 23.2 Å². The summed E-state index contributed by atoms with van der Waals surface area (Å²) in [6.45, 7) is 4.36. The molecule has 0 saturated carbocycles. The van der Waals surface area contributed by atoms with Gasteiger partial charge >= 0.3 is 0 Å². The van der Waals surface area contributed by atoms with Gasteiger partial charge in [0.2, 0.25) is 5.91 Å². The van der Waals surface area contributed by atoms with Crippen molar-refractivity contribution in [1.82, 2.24) is 15.5 Å². The minimum atomic E-state index is -0.0675. The number of nitrogens with zero attached hydrogens (tertiary/aromatic N) is 1. The molecule has 0 aliphatic carbocycles. The quantitative estimate of drug-likeness (QED) is 0.634. The molecule has 1 aliphatic rings. The Kier molecular flexibility index (Phi) is 8.06. The van der Waals surface area contributed by atoms with Gasteiger partial charge in [-0.25, -0.2) is 0 Å². The predicted molar refractivity (Wildman–Crippen MR) is 113 cm³/mol. The summed E-state index contributed by atoms with van der Waals surface area (Å²) in [5.74, 6) is -0.0415. The molecule has 28 heavy (non-hydrogen) atoms. The van der Waals surface area contributed by atoms with Gasteiger partial charge < -0.3 is 10.6 Å². The summed E-state index contributed by atoms with van der Waals surface area (Å²) in [6, 6.07) is 12.0. The normalized spacial score (nSPS) is 14.6. The van der Waals surface area contributed by atoms with Gasteiger partial charge in [-0.2, -0.15) is 0 Å². The van der Waals surface area contributed by atoms with Gasteiger partial charge in [0, 0.05) is 26.1 Å². The van der Waals surface area contributed by atoms with E-state index in [0.717, 1.165) is 19.6 Å². The molecule has 0 spiro atoms. The van der Waals surface area contributed by atoms with Crippen LogP contribution in [0, 0.1) is 0 Å². The summed E-state index contributed by atoms with van der Waals surface area (Å²) < 4.78 is 0. The minimum Gasteiger partial charge on any atom is -0.352 e. The molecule has 150 valence electrons. The zero-order chi connectivity index (χ0) is 19.6. The number of carbonyl (C=O) groups excluding carboxylic acids is 2. The Morgan fingerprint density at radius 2 is 1.75 bits per heavy atom. The van der Waals surface area contributed by atoms with Gasteiger partial charge in [0.25, 0.3) is 5.91 Å². The van der Waals surface area contributed by atoms with Crippen LogP contribution in [0.15, 0.2) is 41.8 Å². The summed E-state index contributed by atoms with van der Waals surface area (Å²) >= 11 is 1.42. The first kappa shape index (κ1) is 20.6. The number of hydrogen-bond donors (Lipinski definition) is 2. The van der Waals surface area contributed by atoms with Crippen LogP contribution >= 0.6 is 11.3 Å². The number of piperidine rings is 1. The second-order valence-electron chi connectivity index (χ2n) is 7.22. The van der Waals surface area contributed by atoms with Crippen LogP contribution in [0.5, 0.6) is 0 Å². The third-order valence-corrected chi connectivity index (χ3v) is 5.92. The number of benzene rings is 1. The Hall–Kier alpha value is -2.18. The largest absolute Gasteiger partial charge is 0.352 e. The van der Waals surface area contributed by atoms with Crippen molar-refractivity contribution < 1.29 is 9.59 Å². The highest BCUT2D eigenvalue weighted by Gasteiger charge is 2.13. The number of nitrogens with one attached hydrogen (secondary N) is 2. The highest BCUT2D eigenvalue weighted by Crippen LogP contribution is 2.16. The number of rotatable bonds is 9. The van der Waals surface area contributed by atoms with Crippen LogP contribution in [-0.4, -0.2) is 36.3 Å². The molecule has 5 nitrogen and oxygen atoms in total. The van der Waals surface area contributed by atoms with Crippen molar-refractivity contribution in [2.24, 2.45) is 0 Å². The Labute approximate surface area is 171 Å². The van der Waals surface area contributed by atoms with Crippen molar-refractivity contribution in [2.45, 2.75) is 45.2 Å². The molecular weight excluding hydrogens is 370 g/mol. The van der Waals surface area contributed by atoms with Crippen LogP contribution in [0.3, 0.4) is 0 Å². The van der Waals surface area contributed by atoms with E-state index in [1.807, 2.05) is 17.5 Å². The fraction of sp³-hybridized carbons (Fsp3) is 0.455. The summed E-state index contributed by atoms with van der Waals surface area (Å²) in [4.78, 5) is 27.2. The van der Waals surface area contributed by atoms with Crippen LogP contribution < -0.4 is 10.6 Å². The van der Waals surface area contributed by atoms with E-state index in [9.17, 15) is 9.59 Å². The van der Waals surface area contributed by atoms with Crippen LogP contribution in [0.2, 0.25) is 0 Å². The smallest absolute Gasteiger partial charge is 0.261 e. The molecule has 2 amide bonds. The maximum atomic E-state index is 12.2. The molecule has 1 saturated heterocycles. The lowest BCUT2D eigenvalue weighted by Gasteiger charge is -2.27. The maximum Gasteiger partial charge on any atom is 0.261 e. The molecular formula is C22H29N3O2S. The van der Waals surface area contributed by atoms with E-state index in [4.69, 9.17) is 0 Å². The van der Waals surface area contributed by atoms with Gasteiger partial charge in [-0.3, -0.25) is 14.5 Å². The summed E-state index contributed by atoms with van der Waals surface area (Å²) in [5.41, 5.74) is 2.49. The molecule has 2 N–H and O–H groups in total. The Morgan fingerprint density at radius 3 is 2.50 bits per heavy atom. The second-order valence-corrected chi connectivity index (χ2v) is 8.17. The molecule has 1 aromatic heterocycles. The Morgan fingerprint density at radius 1 is 0.964 bits per heavy atom. The number of carbonyl (C=O) groups is 2. The summed E-state index contributed by atoms with van der Waals surface area (Å²) in [7, 11) is 0. The standard InChI is InChI=1S/C22H29N3O2S/c26-21(11-6-12-23-22(27)20-10-7-15-28-20)24-16-18-8-2-3-9-19(18)17-25-13-4-1-5-14-25/h2-3,7-10,15H,1,4-6,11-14,16-17H2,(H,23,27)(H,24,26). The Balaban J connectivity index is 1.37. The van der Waals surface area contributed by atoms with E-state index in [1.54, 1.807) is 6.07 Å². The fourth-order valence-corrected chi connectivity index (χ4v) is 4.11.